The van der Waals surface area contributed by atoms with Gasteiger partial charge >= 0.3 is 5.69 Å². The van der Waals surface area contributed by atoms with Crippen molar-refractivity contribution in [2.45, 2.75) is 32.4 Å². The first-order chi connectivity index (χ1) is 10.9. The Morgan fingerprint density at radius 2 is 2.21 bits per heavy atom. The lowest BCUT2D eigenvalue weighted by Crippen LogP contribution is -2.24. The van der Waals surface area contributed by atoms with Gasteiger partial charge in [-0.1, -0.05) is 0 Å². The first-order valence-corrected chi connectivity index (χ1v) is 9.00. The van der Waals surface area contributed by atoms with Gasteiger partial charge in [0.25, 0.3) is 0 Å². The normalized spacial score (nSPS) is 17.3. The predicted molar refractivity (Wildman–Crippen MR) is 104 cm³/mol. The van der Waals surface area contributed by atoms with E-state index >= 15 is 0 Å². The van der Waals surface area contributed by atoms with Gasteiger partial charge in [-0.15, -0.1) is 12.4 Å². The summed E-state index contributed by atoms with van der Waals surface area (Å²) < 4.78 is 3.07. The largest absolute Gasteiger partial charge is 0.352 e. The first kappa shape index (κ1) is 19.4. The summed E-state index contributed by atoms with van der Waals surface area (Å²) >= 11 is 6.69. The highest BCUT2D eigenvalue weighted by Gasteiger charge is 2.27. The SMILES string of the molecule is CC(C)n1c(N[C@@H]2CCNC2)nc2c([N+](=O)[O-])c(Br)c(Br)cc21.Cl. The number of nitrogens with zero attached hydrogens (tertiary/aromatic N) is 3. The fraction of sp³-hybridized carbons (Fsp3) is 0.500. The Kier molecular flexibility index (Phi) is 6.11. The zero-order valence-corrected chi connectivity index (χ0v) is 17.2. The second kappa shape index (κ2) is 7.55. The number of nitro benzene ring substituents is 1. The Morgan fingerprint density at radius 1 is 1.50 bits per heavy atom. The number of halogens is 3. The van der Waals surface area contributed by atoms with E-state index in [0.717, 1.165) is 25.0 Å². The van der Waals surface area contributed by atoms with E-state index in [1.165, 1.54) is 0 Å². The minimum atomic E-state index is -0.393. The van der Waals surface area contributed by atoms with Crippen LogP contribution in [0.4, 0.5) is 11.6 Å². The number of nitro groups is 1. The minimum absolute atomic E-state index is 0. The van der Waals surface area contributed by atoms with Crippen LogP contribution in [0.5, 0.6) is 0 Å². The number of benzene rings is 1. The van der Waals surface area contributed by atoms with E-state index in [4.69, 9.17) is 0 Å². The van der Waals surface area contributed by atoms with Gasteiger partial charge in [0, 0.05) is 23.1 Å². The van der Waals surface area contributed by atoms with Crippen LogP contribution in [0.1, 0.15) is 26.3 Å². The molecule has 0 amide bonds. The van der Waals surface area contributed by atoms with Crippen molar-refractivity contribution in [1.29, 1.82) is 0 Å². The number of anilines is 1. The summed E-state index contributed by atoms with van der Waals surface area (Å²) in [6.45, 7) is 5.93. The molecule has 0 saturated carbocycles. The number of hydrogen-bond donors (Lipinski definition) is 2. The molecule has 0 radical (unpaired) electrons. The summed E-state index contributed by atoms with van der Waals surface area (Å²) in [5.74, 6) is 0.678. The molecule has 7 nitrogen and oxygen atoms in total. The number of rotatable bonds is 4. The molecule has 1 saturated heterocycles. The highest BCUT2D eigenvalue weighted by molar-refractivity contribution is 9.13. The molecule has 2 aromatic rings. The van der Waals surface area contributed by atoms with Crippen molar-refractivity contribution in [3.8, 4) is 0 Å². The van der Waals surface area contributed by atoms with Gasteiger partial charge in [-0.3, -0.25) is 10.1 Å². The smallest absolute Gasteiger partial charge is 0.312 e. The average Bonchev–Trinajstić information content (AvgIpc) is 3.07. The van der Waals surface area contributed by atoms with Crippen LogP contribution in [0.25, 0.3) is 11.0 Å². The lowest BCUT2D eigenvalue weighted by Gasteiger charge is -2.17. The van der Waals surface area contributed by atoms with Gasteiger partial charge in [0.1, 0.15) is 4.47 Å². The van der Waals surface area contributed by atoms with Crippen molar-refractivity contribution in [2.24, 2.45) is 0 Å². The quantitative estimate of drug-likeness (QED) is 0.502. The Balaban J connectivity index is 0.00000208. The highest BCUT2D eigenvalue weighted by atomic mass is 79.9. The molecule has 2 heterocycles. The summed E-state index contributed by atoms with van der Waals surface area (Å²) in [5, 5.41) is 18.2. The fourth-order valence-electron chi connectivity index (χ4n) is 2.91. The van der Waals surface area contributed by atoms with Gasteiger partial charge in [0.15, 0.2) is 5.52 Å². The molecule has 2 N–H and O–H groups in total. The van der Waals surface area contributed by atoms with Crippen LogP contribution in [0.15, 0.2) is 15.0 Å². The molecule has 1 aromatic heterocycles. The zero-order chi connectivity index (χ0) is 16.7. The third-order valence-electron chi connectivity index (χ3n) is 3.95. The standard InChI is InChI=1S/C14H17Br2N5O2.ClH/c1-7(2)20-10-5-9(15)11(16)13(21(22)23)12(10)19-14(20)18-8-3-4-17-6-8;/h5,7-8,17H,3-4,6H2,1-2H3,(H,18,19);1H/t8-;/m1./s1. The van der Waals surface area contributed by atoms with Crippen molar-refractivity contribution in [3.63, 3.8) is 0 Å². The maximum absolute atomic E-state index is 11.5. The summed E-state index contributed by atoms with van der Waals surface area (Å²) in [5.41, 5.74) is 1.13. The van der Waals surface area contributed by atoms with Gasteiger partial charge in [-0.2, -0.15) is 0 Å². The molecule has 1 aromatic carbocycles. The highest BCUT2D eigenvalue weighted by Crippen LogP contribution is 2.40. The number of imidazole rings is 1. The topological polar surface area (TPSA) is 85.0 Å². The van der Waals surface area contributed by atoms with Crippen molar-refractivity contribution in [1.82, 2.24) is 14.9 Å². The van der Waals surface area contributed by atoms with Crippen LogP contribution >= 0.6 is 44.3 Å². The Bertz CT molecular complexity index is 774. The molecular weight excluding hydrogens is 465 g/mol. The number of hydrogen-bond acceptors (Lipinski definition) is 5. The molecule has 1 atom stereocenters. The molecule has 0 aliphatic carbocycles. The van der Waals surface area contributed by atoms with Crippen molar-refractivity contribution >= 4 is 66.9 Å². The number of fused-ring (bicyclic) bond motifs is 1. The molecule has 10 heteroatoms. The molecule has 3 rings (SSSR count). The van der Waals surface area contributed by atoms with E-state index in [1.807, 2.05) is 24.5 Å². The van der Waals surface area contributed by atoms with Crippen LogP contribution in [0.3, 0.4) is 0 Å². The summed E-state index contributed by atoms with van der Waals surface area (Å²) in [6.07, 6.45) is 1.01. The molecule has 0 spiro atoms. The van der Waals surface area contributed by atoms with Gasteiger partial charge < -0.3 is 15.2 Å². The van der Waals surface area contributed by atoms with E-state index in [1.54, 1.807) is 0 Å². The van der Waals surface area contributed by atoms with Gasteiger partial charge in [0.2, 0.25) is 5.95 Å². The predicted octanol–water partition coefficient (Wildman–Crippen LogP) is 4.25. The van der Waals surface area contributed by atoms with E-state index < -0.39 is 4.92 Å². The Morgan fingerprint density at radius 3 is 2.75 bits per heavy atom. The number of nitrogens with one attached hydrogen (secondary N) is 2. The fourth-order valence-corrected chi connectivity index (χ4v) is 3.76. The van der Waals surface area contributed by atoms with Crippen molar-refractivity contribution < 1.29 is 4.92 Å². The number of aromatic nitrogens is 2. The molecule has 1 aliphatic heterocycles. The van der Waals surface area contributed by atoms with Gasteiger partial charge in [-0.25, -0.2) is 4.98 Å². The monoisotopic (exact) mass is 481 g/mol. The summed E-state index contributed by atoms with van der Waals surface area (Å²) in [4.78, 5) is 15.7. The van der Waals surface area contributed by atoms with Crippen LogP contribution in [0.2, 0.25) is 0 Å². The first-order valence-electron chi connectivity index (χ1n) is 7.41. The van der Waals surface area contributed by atoms with Crippen LogP contribution < -0.4 is 10.6 Å². The van der Waals surface area contributed by atoms with E-state index in [-0.39, 0.29) is 30.2 Å². The molecule has 132 valence electrons. The van der Waals surface area contributed by atoms with Gasteiger partial charge in [-0.05, 0) is 64.7 Å². The molecule has 24 heavy (non-hydrogen) atoms. The molecule has 0 bridgehead atoms. The third-order valence-corrected chi connectivity index (χ3v) is 5.91. The Labute approximate surface area is 162 Å². The second-order valence-electron chi connectivity index (χ2n) is 5.88. The van der Waals surface area contributed by atoms with E-state index in [0.29, 0.717) is 20.4 Å². The Hall–Kier alpha value is -0.900. The minimum Gasteiger partial charge on any atom is -0.352 e. The second-order valence-corrected chi connectivity index (χ2v) is 7.53. The van der Waals surface area contributed by atoms with Crippen molar-refractivity contribution in [3.05, 3.63) is 25.1 Å². The van der Waals surface area contributed by atoms with E-state index in [9.17, 15) is 10.1 Å². The van der Waals surface area contributed by atoms with Crippen molar-refractivity contribution in [2.75, 3.05) is 18.4 Å². The average molecular weight is 484 g/mol. The van der Waals surface area contributed by atoms with Crippen LogP contribution in [-0.4, -0.2) is 33.6 Å². The molecule has 1 fully saturated rings. The van der Waals surface area contributed by atoms with Crippen LogP contribution in [0, 0.1) is 10.1 Å². The lowest BCUT2D eigenvalue weighted by atomic mass is 10.2. The summed E-state index contributed by atoms with van der Waals surface area (Å²) in [6, 6.07) is 2.29. The van der Waals surface area contributed by atoms with Gasteiger partial charge in [0.05, 0.1) is 10.4 Å². The maximum Gasteiger partial charge on any atom is 0.312 e. The van der Waals surface area contributed by atoms with Crippen LogP contribution in [-0.2, 0) is 0 Å². The zero-order valence-electron chi connectivity index (χ0n) is 13.2. The summed E-state index contributed by atoms with van der Waals surface area (Å²) in [7, 11) is 0. The maximum atomic E-state index is 11.5. The molecular formula is C14H18Br2ClN5O2. The molecule has 0 unspecified atom stereocenters. The molecule has 1 aliphatic rings. The third kappa shape index (κ3) is 3.40. The lowest BCUT2D eigenvalue weighted by molar-refractivity contribution is -0.384. The van der Waals surface area contributed by atoms with E-state index in [2.05, 4.69) is 47.5 Å².